The molecule has 0 aliphatic carbocycles. The molecule has 0 fully saturated rings. The Balaban J connectivity index is 1.89. The first-order valence-corrected chi connectivity index (χ1v) is 7.01. The molecule has 102 valence electrons. The molecule has 0 unspecified atom stereocenters. The van der Waals surface area contributed by atoms with Gasteiger partial charge in [0.05, 0.1) is 29.3 Å². The summed E-state index contributed by atoms with van der Waals surface area (Å²) in [4.78, 5) is 3.48. The molecule has 0 radical (unpaired) electrons. The zero-order valence-corrected chi connectivity index (χ0v) is 11.5. The van der Waals surface area contributed by atoms with Crippen molar-refractivity contribution < 1.29 is 9.40 Å². The number of pyridine rings is 1. The summed E-state index contributed by atoms with van der Waals surface area (Å²) in [5, 5.41) is 5.89. The zero-order chi connectivity index (χ0) is 14.1. The summed E-state index contributed by atoms with van der Waals surface area (Å²) in [7, 11) is 0. The SMILES string of the molecule is c1coc(CNc2c3ccccc3[nH+]c3ccccc23)c1. The highest BCUT2D eigenvalue weighted by molar-refractivity contribution is 6.04. The molecule has 0 spiro atoms. The molecule has 4 aromatic rings. The van der Waals surface area contributed by atoms with E-state index in [0.717, 1.165) is 22.5 Å². The lowest BCUT2D eigenvalue weighted by Crippen LogP contribution is -2.09. The fourth-order valence-corrected chi connectivity index (χ4v) is 2.69. The number of fused-ring (bicyclic) bond motifs is 2. The number of aromatic nitrogens is 1. The fourth-order valence-electron chi connectivity index (χ4n) is 2.69. The van der Waals surface area contributed by atoms with Crippen LogP contribution >= 0.6 is 0 Å². The lowest BCUT2D eigenvalue weighted by molar-refractivity contribution is -0.310. The Labute approximate surface area is 122 Å². The second-order valence-electron chi connectivity index (χ2n) is 5.02. The maximum Gasteiger partial charge on any atom is 0.213 e. The van der Waals surface area contributed by atoms with Gasteiger partial charge in [-0.15, -0.1) is 0 Å². The van der Waals surface area contributed by atoms with Gasteiger partial charge in [-0.2, -0.15) is 0 Å². The third-order valence-electron chi connectivity index (χ3n) is 3.68. The molecule has 2 aromatic carbocycles. The molecule has 2 aromatic heterocycles. The second-order valence-corrected chi connectivity index (χ2v) is 5.02. The van der Waals surface area contributed by atoms with Crippen molar-refractivity contribution in [2.24, 2.45) is 0 Å². The van der Waals surface area contributed by atoms with Gasteiger partial charge in [-0.1, -0.05) is 24.3 Å². The Morgan fingerprint density at radius 3 is 2.10 bits per heavy atom. The number of benzene rings is 2. The molecule has 0 saturated heterocycles. The molecule has 0 atom stereocenters. The van der Waals surface area contributed by atoms with E-state index >= 15 is 0 Å². The number of anilines is 1. The second kappa shape index (κ2) is 4.94. The predicted octanol–water partition coefficient (Wildman–Crippen LogP) is 4.01. The smallest absolute Gasteiger partial charge is 0.213 e. The molecule has 0 aliphatic rings. The minimum atomic E-state index is 0.672. The summed E-state index contributed by atoms with van der Waals surface area (Å²) in [6.07, 6.45) is 1.70. The van der Waals surface area contributed by atoms with Crippen LogP contribution in [0.15, 0.2) is 71.3 Å². The quantitative estimate of drug-likeness (QED) is 0.574. The average molecular weight is 275 g/mol. The minimum absolute atomic E-state index is 0.672. The largest absolute Gasteiger partial charge is 0.467 e. The lowest BCUT2D eigenvalue weighted by Gasteiger charge is -2.09. The molecular formula is C18H15N2O+. The molecule has 4 rings (SSSR count). The van der Waals surface area contributed by atoms with Crippen LogP contribution in [0.3, 0.4) is 0 Å². The molecule has 21 heavy (non-hydrogen) atoms. The normalized spacial score (nSPS) is 11.0. The molecule has 0 amide bonds. The van der Waals surface area contributed by atoms with Crippen LogP contribution in [0.25, 0.3) is 21.8 Å². The Bertz CT molecular complexity index is 844. The Hall–Kier alpha value is -2.81. The van der Waals surface area contributed by atoms with Crippen molar-refractivity contribution in [1.82, 2.24) is 0 Å². The molecule has 3 heteroatoms. The summed E-state index contributed by atoms with van der Waals surface area (Å²) in [5.74, 6) is 0.927. The van der Waals surface area contributed by atoms with Crippen molar-refractivity contribution >= 4 is 27.5 Å². The monoisotopic (exact) mass is 275 g/mol. The number of aromatic amines is 1. The van der Waals surface area contributed by atoms with E-state index in [1.54, 1.807) is 6.26 Å². The summed E-state index contributed by atoms with van der Waals surface area (Å²) >= 11 is 0. The topological polar surface area (TPSA) is 39.3 Å². The molecule has 0 saturated carbocycles. The van der Waals surface area contributed by atoms with E-state index in [4.69, 9.17) is 4.42 Å². The van der Waals surface area contributed by atoms with Crippen molar-refractivity contribution in [1.29, 1.82) is 0 Å². The summed E-state index contributed by atoms with van der Waals surface area (Å²) in [5.41, 5.74) is 3.38. The third kappa shape index (κ3) is 2.13. The third-order valence-corrected chi connectivity index (χ3v) is 3.68. The van der Waals surface area contributed by atoms with Gasteiger partial charge in [0.25, 0.3) is 0 Å². The molecular weight excluding hydrogens is 260 g/mol. The molecule has 0 bridgehead atoms. The Morgan fingerprint density at radius 1 is 0.810 bits per heavy atom. The zero-order valence-electron chi connectivity index (χ0n) is 11.5. The highest BCUT2D eigenvalue weighted by Crippen LogP contribution is 2.28. The average Bonchev–Trinajstić information content (AvgIpc) is 3.05. The number of rotatable bonds is 3. The van der Waals surface area contributed by atoms with Gasteiger partial charge in [0, 0.05) is 12.1 Å². The number of furan rings is 1. The van der Waals surface area contributed by atoms with Gasteiger partial charge in [-0.25, -0.2) is 4.98 Å². The maximum atomic E-state index is 5.41. The van der Waals surface area contributed by atoms with Gasteiger partial charge in [0.15, 0.2) is 0 Å². The highest BCUT2D eigenvalue weighted by Gasteiger charge is 2.13. The van der Waals surface area contributed by atoms with Crippen molar-refractivity contribution in [3.8, 4) is 0 Å². The van der Waals surface area contributed by atoms with Gasteiger partial charge in [-0.3, -0.25) is 0 Å². The van der Waals surface area contributed by atoms with E-state index in [9.17, 15) is 0 Å². The maximum absolute atomic E-state index is 5.41. The van der Waals surface area contributed by atoms with Gasteiger partial charge in [-0.05, 0) is 24.3 Å². The van der Waals surface area contributed by atoms with Crippen LogP contribution in [0.5, 0.6) is 0 Å². The molecule has 3 nitrogen and oxygen atoms in total. The minimum Gasteiger partial charge on any atom is -0.467 e. The standard InChI is InChI=1S/C18H14N2O/c1-3-9-16-14(7-1)18(19-12-13-6-5-11-21-13)15-8-2-4-10-17(15)20-16/h1-11H,12H2,(H,19,20)/p+1. The summed E-state index contributed by atoms with van der Waals surface area (Å²) in [6, 6.07) is 20.5. The van der Waals surface area contributed by atoms with E-state index in [-0.39, 0.29) is 0 Å². The predicted molar refractivity (Wildman–Crippen MR) is 84.0 cm³/mol. The number of hydrogen-bond donors (Lipinski definition) is 1. The van der Waals surface area contributed by atoms with Crippen molar-refractivity contribution in [2.75, 3.05) is 5.32 Å². The van der Waals surface area contributed by atoms with Gasteiger partial charge >= 0.3 is 0 Å². The molecule has 2 heterocycles. The summed E-state index contributed by atoms with van der Waals surface area (Å²) in [6.45, 7) is 0.672. The fraction of sp³-hybridized carbons (Fsp3) is 0.0556. The number of H-pyrrole nitrogens is 1. The first-order chi connectivity index (χ1) is 10.4. The van der Waals surface area contributed by atoms with Crippen LogP contribution < -0.4 is 10.3 Å². The van der Waals surface area contributed by atoms with Crippen LogP contribution in [0.4, 0.5) is 5.69 Å². The highest BCUT2D eigenvalue weighted by atomic mass is 16.3. The van der Waals surface area contributed by atoms with Crippen LogP contribution in [0.1, 0.15) is 5.76 Å². The van der Waals surface area contributed by atoms with E-state index in [1.807, 2.05) is 24.3 Å². The van der Waals surface area contributed by atoms with Crippen molar-refractivity contribution in [3.63, 3.8) is 0 Å². The van der Waals surface area contributed by atoms with Crippen LogP contribution in [0, 0.1) is 0 Å². The Morgan fingerprint density at radius 2 is 1.48 bits per heavy atom. The first-order valence-electron chi connectivity index (χ1n) is 7.01. The van der Waals surface area contributed by atoms with Gasteiger partial charge in [0.1, 0.15) is 5.76 Å². The number of nitrogens with one attached hydrogen (secondary N) is 2. The number of para-hydroxylation sites is 2. The van der Waals surface area contributed by atoms with Crippen LogP contribution in [0.2, 0.25) is 0 Å². The van der Waals surface area contributed by atoms with E-state index < -0.39 is 0 Å². The van der Waals surface area contributed by atoms with Crippen molar-refractivity contribution in [2.45, 2.75) is 6.54 Å². The van der Waals surface area contributed by atoms with Crippen LogP contribution in [-0.4, -0.2) is 0 Å². The summed E-state index contributed by atoms with van der Waals surface area (Å²) < 4.78 is 5.41. The van der Waals surface area contributed by atoms with Crippen LogP contribution in [-0.2, 0) is 6.54 Å². The van der Waals surface area contributed by atoms with Crippen molar-refractivity contribution in [3.05, 3.63) is 72.7 Å². The van der Waals surface area contributed by atoms with Gasteiger partial charge < -0.3 is 9.73 Å². The molecule has 0 aliphatic heterocycles. The van der Waals surface area contributed by atoms with E-state index in [1.165, 1.54) is 10.8 Å². The van der Waals surface area contributed by atoms with E-state index in [2.05, 4.69) is 46.7 Å². The van der Waals surface area contributed by atoms with Gasteiger partial charge in [0.2, 0.25) is 11.0 Å². The molecule has 2 N–H and O–H groups in total. The lowest BCUT2D eigenvalue weighted by atomic mass is 10.1. The van der Waals surface area contributed by atoms with E-state index in [0.29, 0.717) is 6.54 Å². The number of hydrogen-bond acceptors (Lipinski definition) is 2. The first kappa shape index (κ1) is 12.0. The Kier molecular flexibility index (Phi) is 2.82.